The van der Waals surface area contributed by atoms with Crippen molar-refractivity contribution in [3.8, 4) is 0 Å². The zero-order valence-electron chi connectivity index (χ0n) is 12.4. The van der Waals surface area contributed by atoms with Gasteiger partial charge in [0, 0.05) is 38.1 Å². The van der Waals surface area contributed by atoms with Gasteiger partial charge in [-0.25, -0.2) is 9.97 Å². The third-order valence-electron chi connectivity index (χ3n) is 3.50. The number of piperazine rings is 1. The zero-order chi connectivity index (χ0) is 15.0. The molecule has 0 bridgehead atoms. The molecule has 1 aliphatic rings. The number of hydrogen-bond acceptors (Lipinski definition) is 5. The van der Waals surface area contributed by atoms with Crippen LogP contribution in [0.3, 0.4) is 0 Å². The highest BCUT2D eigenvalue weighted by Crippen LogP contribution is 2.19. The molecule has 0 N–H and O–H groups in total. The standard InChI is InChI=1S/C14H18N6O/c1-10-6-13(17-11(2)16-10)19-4-5-20(14(21)9-19)12-7-15-18(3)8-12/h6-8H,4-5,9H2,1-3H3. The van der Waals surface area contributed by atoms with E-state index in [0.29, 0.717) is 13.1 Å². The monoisotopic (exact) mass is 286 g/mol. The molecule has 1 aliphatic heterocycles. The first-order valence-corrected chi connectivity index (χ1v) is 6.89. The summed E-state index contributed by atoms with van der Waals surface area (Å²) < 4.78 is 1.70. The Balaban J connectivity index is 1.77. The van der Waals surface area contributed by atoms with Crippen LogP contribution in [0.2, 0.25) is 0 Å². The maximum Gasteiger partial charge on any atom is 0.246 e. The second kappa shape index (κ2) is 5.16. The van der Waals surface area contributed by atoms with Crippen LogP contribution in [0.1, 0.15) is 11.5 Å². The van der Waals surface area contributed by atoms with Crippen LogP contribution in [-0.2, 0) is 11.8 Å². The Morgan fingerprint density at radius 1 is 1.19 bits per heavy atom. The van der Waals surface area contributed by atoms with E-state index < -0.39 is 0 Å². The normalized spacial score (nSPS) is 15.7. The van der Waals surface area contributed by atoms with Gasteiger partial charge in [-0.3, -0.25) is 9.48 Å². The first-order valence-electron chi connectivity index (χ1n) is 6.89. The summed E-state index contributed by atoms with van der Waals surface area (Å²) in [6.45, 7) is 5.50. The lowest BCUT2D eigenvalue weighted by atomic mass is 10.2. The number of carbonyl (C=O) groups excluding carboxylic acids is 1. The predicted molar refractivity (Wildman–Crippen MR) is 79.3 cm³/mol. The van der Waals surface area contributed by atoms with Crippen molar-refractivity contribution in [3.05, 3.63) is 30.0 Å². The first kappa shape index (κ1) is 13.5. The number of carbonyl (C=O) groups is 1. The molecule has 0 atom stereocenters. The van der Waals surface area contributed by atoms with Crippen molar-refractivity contribution in [1.29, 1.82) is 0 Å². The minimum atomic E-state index is 0.0585. The summed E-state index contributed by atoms with van der Waals surface area (Å²) in [5, 5.41) is 4.12. The van der Waals surface area contributed by atoms with Crippen molar-refractivity contribution < 1.29 is 4.79 Å². The van der Waals surface area contributed by atoms with Crippen LogP contribution in [0.25, 0.3) is 0 Å². The van der Waals surface area contributed by atoms with Gasteiger partial charge in [-0.1, -0.05) is 0 Å². The Morgan fingerprint density at radius 2 is 2.00 bits per heavy atom. The van der Waals surface area contributed by atoms with E-state index in [0.717, 1.165) is 29.6 Å². The van der Waals surface area contributed by atoms with Crippen molar-refractivity contribution in [2.75, 3.05) is 29.4 Å². The molecule has 7 heteroatoms. The molecule has 0 aliphatic carbocycles. The second-order valence-corrected chi connectivity index (χ2v) is 5.25. The molecule has 0 spiro atoms. The molecule has 0 radical (unpaired) electrons. The average Bonchev–Trinajstić information content (AvgIpc) is 2.84. The van der Waals surface area contributed by atoms with Gasteiger partial charge in [-0.05, 0) is 13.8 Å². The highest BCUT2D eigenvalue weighted by Gasteiger charge is 2.26. The van der Waals surface area contributed by atoms with Crippen LogP contribution >= 0.6 is 0 Å². The largest absolute Gasteiger partial charge is 0.345 e. The summed E-state index contributed by atoms with van der Waals surface area (Å²) in [6, 6.07) is 1.92. The Hall–Kier alpha value is -2.44. The third kappa shape index (κ3) is 2.72. The molecule has 0 saturated carbocycles. The Morgan fingerprint density at radius 3 is 2.62 bits per heavy atom. The van der Waals surface area contributed by atoms with E-state index in [1.54, 1.807) is 15.8 Å². The zero-order valence-corrected chi connectivity index (χ0v) is 12.4. The van der Waals surface area contributed by atoms with E-state index in [4.69, 9.17) is 0 Å². The van der Waals surface area contributed by atoms with Gasteiger partial charge < -0.3 is 9.80 Å². The molecule has 110 valence electrons. The van der Waals surface area contributed by atoms with E-state index in [1.807, 2.05) is 38.1 Å². The highest BCUT2D eigenvalue weighted by molar-refractivity contribution is 5.97. The smallest absolute Gasteiger partial charge is 0.246 e. The van der Waals surface area contributed by atoms with Crippen LogP contribution in [0.4, 0.5) is 11.5 Å². The number of aryl methyl sites for hydroxylation is 3. The Bertz CT molecular complexity index is 660. The summed E-state index contributed by atoms with van der Waals surface area (Å²) in [7, 11) is 1.84. The SMILES string of the molecule is Cc1cc(N2CCN(c3cnn(C)c3)C(=O)C2)nc(C)n1. The second-order valence-electron chi connectivity index (χ2n) is 5.25. The molecular weight excluding hydrogens is 268 g/mol. The summed E-state index contributed by atoms with van der Waals surface area (Å²) in [5.74, 6) is 1.61. The van der Waals surface area contributed by atoms with E-state index in [9.17, 15) is 4.79 Å². The van der Waals surface area contributed by atoms with Crippen molar-refractivity contribution in [2.45, 2.75) is 13.8 Å². The van der Waals surface area contributed by atoms with E-state index in [2.05, 4.69) is 15.1 Å². The van der Waals surface area contributed by atoms with Crippen molar-refractivity contribution >= 4 is 17.4 Å². The van der Waals surface area contributed by atoms with Gasteiger partial charge in [-0.2, -0.15) is 5.10 Å². The number of nitrogens with zero attached hydrogens (tertiary/aromatic N) is 6. The lowest BCUT2D eigenvalue weighted by Gasteiger charge is -2.34. The Labute approximate surface area is 123 Å². The fourth-order valence-electron chi connectivity index (χ4n) is 2.55. The van der Waals surface area contributed by atoms with Gasteiger partial charge in [0.15, 0.2) is 0 Å². The molecule has 0 aromatic carbocycles. The average molecular weight is 286 g/mol. The van der Waals surface area contributed by atoms with Gasteiger partial charge in [0.1, 0.15) is 11.6 Å². The summed E-state index contributed by atoms with van der Waals surface area (Å²) in [6.07, 6.45) is 3.57. The summed E-state index contributed by atoms with van der Waals surface area (Å²) in [4.78, 5) is 24.8. The molecule has 7 nitrogen and oxygen atoms in total. The van der Waals surface area contributed by atoms with Gasteiger partial charge in [0.05, 0.1) is 18.4 Å². The third-order valence-corrected chi connectivity index (χ3v) is 3.50. The molecule has 1 saturated heterocycles. The van der Waals surface area contributed by atoms with Crippen LogP contribution < -0.4 is 9.80 Å². The minimum Gasteiger partial charge on any atom is -0.345 e. The molecule has 1 fully saturated rings. The maximum atomic E-state index is 12.4. The molecule has 3 heterocycles. The lowest BCUT2D eigenvalue weighted by Crippen LogP contribution is -2.50. The van der Waals surface area contributed by atoms with E-state index in [1.165, 1.54) is 0 Å². The topological polar surface area (TPSA) is 67.2 Å². The summed E-state index contributed by atoms with van der Waals surface area (Å²) in [5.41, 5.74) is 1.76. The number of amides is 1. The first-order chi connectivity index (χ1) is 10.0. The summed E-state index contributed by atoms with van der Waals surface area (Å²) >= 11 is 0. The predicted octanol–water partition coefficient (Wildman–Crippen LogP) is 0.680. The minimum absolute atomic E-state index is 0.0585. The van der Waals surface area contributed by atoms with Crippen LogP contribution in [-0.4, -0.2) is 45.3 Å². The van der Waals surface area contributed by atoms with Gasteiger partial charge in [0.2, 0.25) is 5.91 Å². The quantitative estimate of drug-likeness (QED) is 0.812. The fourth-order valence-corrected chi connectivity index (χ4v) is 2.55. The Kier molecular flexibility index (Phi) is 3.32. The molecule has 2 aromatic heterocycles. The highest BCUT2D eigenvalue weighted by atomic mass is 16.2. The molecule has 21 heavy (non-hydrogen) atoms. The number of aromatic nitrogens is 4. The number of hydrogen-bond donors (Lipinski definition) is 0. The van der Waals surface area contributed by atoms with Crippen LogP contribution in [0.5, 0.6) is 0 Å². The molecule has 1 amide bonds. The van der Waals surface area contributed by atoms with Gasteiger partial charge in [0.25, 0.3) is 0 Å². The van der Waals surface area contributed by atoms with Crippen molar-refractivity contribution in [3.63, 3.8) is 0 Å². The van der Waals surface area contributed by atoms with E-state index in [-0.39, 0.29) is 5.91 Å². The number of anilines is 2. The van der Waals surface area contributed by atoms with Crippen LogP contribution in [0, 0.1) is 13.8 Å². The molecule has 0 unspecified atom stereocenters. The van der Waals surface area contributed by atoms with Crippen LogP contribution in [0.15, 0.2) is 18.5 Å². The molecule has 2 aromatic rings. The van der Waals surface area contributed by atoms with E-state index >= 15 is 0 Å². The number of rotatable bonds is 2. The maximum absolute atomic E-state index is 12.4. The van der Waals surface area contributed by atoms with Gasteiger partial charge >= 0.3 is 0 Å². The fraction of sp³-hybridized carbons (Fsp3) is 0.429. The van der Waals surface area contributed by atoms with Crippen molar-refractivity contribution in [2.24, 2.45) is 7.05 Å². The molecule has 3 rings (SSSR count). The van der Waals surface area contributed by atoms with Gasteiger partial charge in [-0.15, -0.1) is 0 Å². The lowest BCUT2D eigenvalue weighted by molar-refractivity contribution is -0.117. The molecular formula is C14H18N6O. The van der Waals surface area contributed by atoms with Crippen molar-refractivity contribution in [1.82, 2.24) is 19.7 Å².